The normalized spacial score (nSPS) is 28.4. The highest BCUT2D eigenvalue weighted by Crippen LogP contribution is 2.34. The molecule has 2 atom stereocenters. The molecule has 0 aliphatic heterocycles. The summed E-state index contributed by atoms with van der Waals surface area (Å²) in [4.78, 5) is 0. The van der Waals surface area contributed by atoms with Crippen LogP contribution in [0.4, 0.5) is 0 Å². The molecule has 86 valence electrons. The van der Waals surface area contributed by atoms with E-state index in [2.05, 4.69) is 19.1 Å². The van der Waals surface area contributed by atoms with Gasteiger partial charge in [0.15, 0.2) is 0 Å². The molecule has 0 fully saturated rings. The van der Waals surface area contributed by atoms with E-state index in [0.29, 0.717) is 0 Å². The van der Waals surface area contributed by atoms with Crippen molar-refractivity contribution < 1.29 is 0 Å². The van der Waals surface area contributed by atoms with Gasteiger partial charge in [0.25, 0.3) is 0 Å². The third kappa shape index (κ3) is 1.67. The smallest absolute Gasteiger partial charge is 0.0300 e. The van der Waals surface area contributed by atoms with Crippen LogP contribution in [0, 0.1) is 5.92 Å². The summed E-state index contributed by atoms with van der Waals surface area (Å²) in [7, 11) is 0. The first-order valence-electron chi connectivity index (χ1n) is 6.64. The number of hydrogen-bond acceptors (Lipinski definition) is 1. The van der Waals surface area contributed by atoms with Gasteiger partial charge in [0.2, 0.25) is 0 Å². The average molecular weight is 215 g/mol. The van der Waals surface area contributed by atoms with Gasteiger partial charge in [-0.3, -0.25) is 0 Å². The third-order valence-corrected chi connectivity index (χ3v) is 4.32. The van der Waals surface area contributed by atoms with E-state index < -0.39 is 0 Å². The highest BCUT2D eigenvalue weighted by molar-refractivity contribution is 5.42. The maximum absolute atomic E-state index is 6.33. The molecular formula is C15H21N. The van der Waals surface area contributed by atoms with Crippen molar-refractivity contribution in [3.8, 4) is 0 Å². The van der Waals surface area contributed by atoms with Crippen LogP contribution in [0.2, 0.25) is 0 Å². The van der Waals surface area contributed by atoms with Crippen molar-refractivity contribution in [1.29, 1.82) is 0 Å². The Morgan fingerprint density at radius 1 is 1.06 bits per heavy atom. The minimum Gasteiger partial charge on any atom is -0.324 e. The quantitative estimate of drug-likeness (QED) is 0.661. The molecule has 0 saturated carbocycles. The van der Waals surface area contributed by atoms with Gasteiger partial charge in [0.05, 0.1) is 0 Å². The van der Waals surface area contributed by atoms with E-state index >= 15 is 0 Å². The third-order valence-electron chi connectivity index (χ3n) is 4.32. The van der Waals surface area contributed by atoms with Crippen LogP contribution in [0.15, 0.2) is 12.1 Å². The minimum absolute atomic E-state index is 0.276. The molecular weight excluding hydrogens is 194 g/mol. The van der Waals surface area contributed by atoms with E-state index in [1.165, 1.54) is 43.2 Å². The van der Waals surface area contributed by atoms with Gasteiger partial charge in [-0.2, -0.15) is 0 Å². The van der Waals surface area contributed by atoms with Crippen molar-refractivity contribution in [1.82, 2.24) is 0 Å². The first-order valence-corrected chi connectivity index (χ1v) is 6.64. The highest BCUT2D eigenvalue weighted by Gasteiger charge is 2.22. The molecule has 0 bridgehead atoms. The molecule has 16 heavy (non-hydrogen) atoms. The molecule has 0 saturated heterocycles. The Morgan fingerprint density at radius 3 is 2.62 bits per heavy atom. The summed E-state index contributed by atoms with van der Waals surface area (Å²) >= 11 is 0. The average Bonchev–Trinajstić information content (AvgIpc) is 2.66. The SMILES string of the molecule is CC1CCc2cc3c(cc2C(N)C1)CCC3. The number of nitrogens with two attached hydrogens (primary N) is 1. The van der Waals surface area contributed by atoms with Crippen LogP contribution in [0.5, 0.6) is 0 Å². The number of aryl methyl sites for hydroxylation is 3. The monoisotopic (exact) mass is 215 g/mol. The summed E-state index contributed by atoms with van der Waals surface area (Å²) in [6.45, 7) is 2.33. The molecule has 1 nitrogen and oxygen atoms in total. The Balaban J connectivity index is 2.05. The van der Waals surface area contributed by atoms with Gasteiger partial charge < -0.3 is 5.73 Å². The number of hydrogen-bond donors (Lipinski definition) is 1. The van der Waals surface area contributed by atoms with E-state index in [-0.39, 0.29) is 6.04 Å². The molecule has 0 aromatic heterocycles. The Hall–Kier alpha value is -0.820. The van der Waals surface area contributed by atoms with Gasteiger partial charge in [-0.1, -0.05) is 19.1 Å². The van der Waals surface area contributed by atoms with Crippen LogP contribution in [-0.2, 0) is 19.3 Å². The van der Waals surface area contributed by atoms with Gasteiger partial charge in [-0.25, -0.2) is 0 Å². The predicted octanol–water partition coefficient (Wildman–Crippen LogP) is 3.15. The number of fused-ring (bicyclic) bond motifs is 2. The van der Waals surface area contributed by atoms with Gasteiger partial charge in [0, 0.05) is 6.04 Å². The van der Waals surface area contributed by atoms with Crippen LogP contribution in [-0.4, -0.2) is 0 Å². The first kappa shape index (κ1) is 10.3. The molecule has 0 spiro atoms. The second-order valence-electron chi connectivity index (χ2n) is 5.66. The summed E-state index contributed by atoms with van der Waals surface area (Å²) in [5.74, 6) is 0.775. The van der Waals surface area contributed by atoms with Crippen molar-refractivity contribution >= 4 is 0 Å². The molecule has 2 aliphatic rings. The Labute approximate surface area is 98.0 Å². The largest absolute Gasteiger partial charge is 0.324 e. The molecule has 0 heterocycles. The fourth-order valence-corrected chi connectivity index (χ4v) is 3.34. The molecule has 3 rings (SSSR count). The van der Waals surface area contributed by atoms with E-state index in [9.17, 15) is 0 Å². The molecule has 0 radical (unpaired) electrons. The topological polar surface area (TPSA) is 26.0 Å². The van der Waals surface area contributed by atoms with Gasteiger partial charge in [-0.05, 0) is 66.7 Å². The maximum Gasteiger partial charge on any atom is 0.0300 e. The minimum atomic E-state index is 0.276. The highest BCUT2D eigenvalue weighted by atomic mass is 14.6. The number of rotatable bonds is 0. The van der Waals surface area contributed by atoms with Crippen molar-refractivity contribution in [2.45, 2.75) is 51.5 Å². The zero-order valence-electron chi connectivity index (χ0n) is 10.1. The standard InChI is InChI=1S/C15H21N/c1-10-5-6-13-8-11-3-2-4-12(11)9-14(13)15(16)7-10/h8-10,15H,2-7,16H2,1H3. The van der Waals surface area contributed by atoms with E-state index in [0.717, 1.165) is 12.3 Å². The Kier molecular flexibility index (Phi) is 2.51. The van der Waals surface area contributed by atoms with Crippen LogP contribution < -0.4 is 5.73 Å². The van der Waals surface area contributed by atoms with Gasteiger partial charge in [-0.15, -0.1) is 0 Å². The second-order valence-corrected chi connectivity index (χ2v) is 5.66. The number of benzene rings is 1. The molecule has 2 aliphatic carbocycles. The molecule has 2 N–H and O–H groups in total. The zero-order valence-corrected chi connectivity index (χ0v) is 10.1. The summed E-state index contributed by atoms with van der Waals surface area (Å²) in [5.41, 5.74) is 12.5. The Bertz CT molecular complexity index is 408. The predicted molar refractivity (Wildman–Crippen MR) is 67.5 cm³/mol. The van der Waals surface area contributed by atoms with Crippen LogP contribution >= 0.6 is 0 Å². The summed E-state index contributed by atoms with van der Waals surface area (Å²) < 4.78 is 0. The van der Waals surface area contributed by atoms with Crippen molar-refractivity contribution in [2.75, 3.05) is 0 Å². The Morgan fingerprint density at radius 2 is 1.81 bits per heavy atom. The van der Waals surface area contributed by atoms with Crippen LogP contribution in [0.1, 0.15) is 54.5 Å². The molecule has 1 aromatic rings. The lowest BCUT2D eigenvalue weighted by atomic mass is 9.94. The van der Waals surface area contributed by atoms with Crippen LogP contribution in [0.25, 0.3) is 0 Å². The molecule has 1 heteroatoms. The summed E-state index contributed by atoms with van der Waals surface area (Å²) in [6, 6.07) is 5.15. The van der Waals surface area contributed by atoms with E-state index in [1.54, 1.807) is 11.1 Å². The summed E-state index contributed by atoms with van der Waals surface area (Å²) in [5, 5.41) is 0. The lowest BCUT2D eigenvalue weighted by Crippen LogP contribution is -2.13. The van der Waals surface area contributed by atoms with Crippen molar-refractivity contribution in [2.24, 2.45) is 11.7 Å². The van der Waals surface area contributed by atoms with E-state index in [4.69, 9.17) is 5.73 Å². The van der Waals surface area contributed by atoms with Crippen molar-refractivity contribution in [3.05, 3.63) is 34.4 Å². The maximum atomic E-state index is 6.33. The lowest BCUT2D eigenvalue weighted by molar-refractivity contribution is 0.464. The second kappa shape index (κ2) is 3.89. The molecule has 1 aromatic carbocycles. The van der Waals surface area contributed by atoms with Gasteiger partial charge >= 0.3 is 0 Å². The van der Waals surface area contributed by atoms with Crippen LogP contribution in [0.3, 0.4) is 0 Å². The summed E-state index contributed by atoms with van der Waals surface area (Å²) in [6.07, 6.45) is 7.59. The fourth-order valence-electron chi connectivity index (χ4n) is 3.34. The fraction of sp³-hybridized carbons (Fsp3) is 0.600. The zero-order chi connectivity index (χ0) is 11.1. The van der Waals surface area contributed by atoms with E-state index in [1.807, 2.05) is 0 Å². The van der Waals surface area contributed by atoms with Crippen molar-refractivity contribution in [3.63, 3.8) is 0 Å². The van der Waals surface area contributed by atoms with Gasteiger partial charge in [0.1, 0.15) is 0 Å². The first-order chi connectivity index (χ1) is 7.74. The lowest BCUT2D eigenvalue weighted by Gasteiger charge is -2.16. The molecule has 2 unspecified atom stereocenters. The molecule has 0 amide bonds.